The van der Waals surface area contributed by atoms with Crippen LogP contribution in [0.15, 0.2) is 35.1 Å². The van der Waals surface area contributed by atoms with E-state index in [1.165, 1.54) is 29.9 Å². The molecule has 0 aliphatic carbocycles. The number of thiazole rings is 1. The molecule has 0 aliphatic heterocycles. The minimum atomic E-state index is -2.87. The molecule has 0 unspecified atom stereocenters. The number of rotatable bonds is 6. The van der Waals surface area contributed by atoms with Crippen molar-refractivity contribution >= 4 is 22.4 Å². The Balaban J connectivity index is 1.78. The van der Waals surface area contributed by atoms with Crippen LogP contribution in [0, 0.1) is 6.92 Å². The maximum absolute atomic E-state index is 12.5. The van der Waals surface area contributed by atoms with Crippen LogP contribution >= 0.6 is 11.3 Å². The monoisotopic (exact) mass is 393 g/mol. The lowest BCUT2D eigenvalue weighted by molar-refractivity contribution is -0.0498. The van der Waals surface area contributed by atoms with E-state index in [0.717, 1.165) is 10.4 Å². The third kappa shape index (κ3) is 4.30. The number of amides is 1. The van der Waals surface area contributed by atoms with Crippen molar-refractivity contribution in [2.24, 2.45) is 0 Å². The number of aryl methyl sites for hydroxylation is 1. The molecule has 9 heteroatoms. The number of hydrogen-bond donors (Lipinski definition) is 1. The van der Waals surface area contributed by atoms with Gasteiger partial charge in [-0.15, -0.1) is 11.3 Å². The van der Waals surface area contributed by atoms with Crippen molar-refractivity contribution in [3.63, 3.8) is 0 Å². The van der Waals surface area contributed by atoms with Crippen molar-refractivity contribution in [2.75, 3.05) is 5.32 Å². The molecule has 142 valence electrons. The van der Waals surface area contributed by atoms with E-state index in [4.69, 9.17) is 4.42 Å². The summed E-state index contributed by atoms with van der Waals surface area (Å²) in [5.74, 6) is 0.210. The number of halogens is 2. The molecule has 0 saturated heterocycles. The van der Waals surface area contributed by atoms with Gasteiger partial charge in [0.1, 0.15) is 11.5 Å². The molecule has 0 spiro atoms. The molecule has 0 atom stereocenters. The third-order valence-corrected chi connectivity index (χ3v) is 4.59. The molecule has 2 heterocycles. The number of carbonyl (C=O) groups excluding carboxylic acids is 1. The Labute approximate surface area is 158 Å². The smallest absolute Gasteiger partial charge is 0.387 e. The molecule has 2 aromatic heterocycles. The summed E-state index contributed by atoms with van der Waals surface area (Å²) in [5.41, 5.74) is 1.62. The molecule has 0 fully saturated rings. The summed E-state index contributed by atoms with van der Waals surface area (Å²) in [5, 5.41) is 3.15. The number of alkyl halides is 2. The second kappa shape index (κ2) is 7.83. The molecule has 6 nitrogen and oxygen atoms in total. The number of benzene rings is 1. The van der Waals surface area contributed by atoms with Gasteiger partial charge in [-0.3, -0.25) is 10.1 Å². The standard InChI is InChI=1S/C18H17F2N3O3S/c1-9(2)15-14(21-8-25-15)16(24)23-18-22-13(10(3)27-18)11-4-6-12(7-5-11)26-17(19)20/h4-9,17H,1-3H3,(H,22,23,24). The lowest BCUT2D eigenvalue weighted by Crippen LogP contribution is -2.14. The van der Waals surface area contributed by atoms with Gasteiger partial charge in [0.15, 0.2) is 17.2 Å². The van der Waals surface area contributed by atoms with Gasteiger partial charge in [-0.25, -0.2) is 9.97 Å². The van der Waals surface area contributed by atoms with Crippen molar-refractivity contribution in [3.05, 3.63) is 47.0 Å². The van der Waals surface area contributed by atoms with Crippen molar-refractivity contribution in [1.82, 2.24) is 9.97 Å². The number of carbonyl (C=O) groups is 1. The number of nitrogens with one attached hydrogen (secondary N) is 1. The van der Waals surface area contributed by atoms with Crippen LogP contribution in [0.4, 0.5) is 13.9 Å². The van der Waals surface area contributed by atoms with Gasteiger partial charge in [-0.05, 0) is 31.2 Å². The zero-order valence-electron chi connectivity index (χ0n) is 14.8. The number of oxazole rings is 1. The van der Waals surface area contributed by atoms with E-state index in [9.17, 15) is 13.6 Å². The predicted octanol–water partition coefficient (Wildman–Crippen LogP) is 5.08. The van der Waals surface area contributed by atoms with Crippen LogP contribution in [0.1, 0.15) is 40.9 Å². The van der Waals surface area contributed by atoms with E-state index in [1.54, 1.807) is 12.1 Å². The average molecular weight is 393 g/mol. The molecule has 0 radical (unpaired) electrons. The highest BCUT2D eigenvalue weighted by atomic mass is 32.1. The van der Waals surface area contributed by atoms with Crippen LogP contribution in [-0.4, -0.2) is 22.5 Å². The molecule has 3 aromatic rings. The molecule has 1 amide bonds. The van der Waals surface area contributed by atoms with E-state index in [1.807, 2.05) is 20.8 Å². The average Bonchev–Trinajstić information content (AvgIpc) is 3.22. The molecule has 1 N–H and O–H groups in total. The highest BCUT2D eigenvalue weighted by Crippen LogP contribution is 2.32. The highest BCUT2D eigenvalue weighted by molar-refractivity contribution is 7.16. The quantitative estimate of drug-likeness (QED) is 0.632. The number of aromatic nitrogens is 2. The van der Waals surface area contributed by atoms with Crippen LogP contribution in [0.2, 0.25) is 0 Å². The van der Waals surface area contributed by atoms with Gasteiger partial charge in [0.05, 0.1) is 5.69 Å². The molecular formula is C18H17F2N3O3S. The van der Waals surface area contributed by atoms with Crippen molar-refractivity contribution in [1.29, 1.82) is 0 Å². The summed E-state index contributed by atoms with van der Waals surface area (Å²) in [4.78, 5) is 21.7. The van der Waals surface area contributed by atoms with Crippen molar-refractivity contribution in [2.45, 2.75) is 33.3 Å². The number of anilines is 1. The van der Waals surface area contributed by atoms with Crippen molar-refractivity contribution < 1.29 is 22.7 Å². The first-order valence-corrected chi connectivity index (χ1v) is 8.94. The zero-order chi connectivity index (χ0) is 19.6. The number of ether oxygens (including phenoxy) is 1. The van der Waals surface area contributed by atoms with Gasteiger partial charge in [-0.1, -0.05) is 13.8 Å². The summed E-state index contributed by atoms with van der Waals surface area (Å²) in [7, 11) is 0. The van der Waals surface area contributed by atoms with Gasteiger partial charge in [0.25, 0.3) is 5.91 Å². The molecule has 27 heavy (non-hydrogen) atoms. The Hall–Kier alpha value is -2.81. The lowest BCUT2D eigenvalue weighted by Gasteiger charge is -2.05. The lowest BCUT2D eigenvalue weighted by atomic mass is 10.1. The van der Waals surface area contributed by atoms with E-state index in [-0.39, 0.29) is 17.4 Å². The minimum Gasteiger partial charge on any atom is -0.447 e. The number of nitrogens with zero attached hydrogens (tertiary/aromatic N) is 2. The fourth-order valence-corrected chi connectivity index (χ4v) is 3.33. The zero-order valence-corrected chi connectivity index (χ0v) is 15.6. The molecular weight excluding hydrogens is 376 g/mol. The molecule has 0 bridgehead atoms. The Bertz CT molecular complexity index is 936. The summed E-state index contributed by atoms with van der Waals surface area (Å²) in [6.45, 7) is 2.81. The Kier molecular flexibility index (Phi) is 5.50. The summed E-state index contributed by atoms with van der Waals surface area (Å²) < 4.78 is 34.1. The van der Waals surface area contributed by atoms with Gasteiger partial charge < -0.3 is 9.15 Å². The first kappa shape index (κ1) is 19.0. The summed E-state index contributed by atoms with van der Waals surface area (Å²) >= 11 is 1.31. The van der Waals surface area contributed by atoms with Crippen LogP contribution in [0.5, 0.6) is 5.75 Å². The van der Waals surface area contributed by atoms with E-state index >= 15 is 0 Å². The molecule has 0 aliphatic rings. The first-order valence-electron chi connectivity index (χ1n) is 8.12. The van der Waals surface area contributed by atoms with Gasteiger partial charge in [0, 0.05) is 16.4 Å². The molecule has 0 saturated carbocycles. The normalized spacial score (nSPS) is 11.2. The Morgan fingerprint density at radius 2 is 1.96 bits per heavy atom. The maximum Gasteiger partial charge on any atom is 0.387 e. The van der Waals surface area contributed by atoms with Crippen LogP contribution in [-0.2, 0) is 0 Å². The summed E-state index contributed by atoms with van der Waals surface area (Å²) in [6, 6.07) is 6.17. The van der Waals surface area contributed by atoms with Crippen LogP contribution in [0.3, 0.4) is 0 Å². The summed E-state index contributed by atoms with van der Waals surface area (Å²) in [6.07, 6.45) is 1.24. The van der Waals surface area contributed by atoms with E-state index in [0.29, 0.717) is 16.6 Å². The minimum absolute atomic E-state index is 0.0239. The Morgan fingerprint density at radius 1 is 1.26 bits per heavy atom. The number of hydrogen-bond acceptors (Lipinski definition) is 6. The van der Waals surface area contributed by atoms with Crippen molar-refractivity contribution in [3.8, 4) is 17.0 Å². The fraction of sp³-hybridized carbons (Fsp3) is 0.278. The van der Waals surface area contributed by atoms with E-state index in [2.05, 4.69) is 20.0 Å². The first-order chi connectivity index (χ1) is 12.8. The fourth-order valence-electron chi connectivity index (χ4n) is 2.50. The van der Waals surface area contributed by atoms with Gasteiger partial charge in [-0.2, -0.15) is 8.78 Å². The van der Waals surface area contributed by atoms with Gasteiger partial charge >= 0.3 is 6.61 Å². The maximum atomic E-state index is 12.5. The predicted molar refractivity (Wildman–Crippen MR) is 97.5 cm³/mol. The SMILES string of the molecule is Cc1sc(NC(=O)c2ncoc2C(C)C)nc1-c1ccc(OC(F)F)cc1. The second-order valence-electron chi connectivity index (χ2n) is 6.00. The highest BCUT2D eigenvalue weighted by Gasteiger charge is 2.21. The van der Waals surface area contributed by atoms with Crippen LogP contribution < -0.4 is 10.1 Å². The van der Waals surface area contributed by atoms with Crippen LogP contribution in [0.25, 0.3) is 11.3 Å². The molecule has 1 aromatic carbocycles. The van der Waals surface area contributed by atoms with Gasteiger partial charge in [0.2, 0.25) is 0 Å². The second-order valence-corrected chi connectivity index (χ2v) is 7.20. The van der Waals surface area contributed by atoms with E-state index < -0.39 is 12.5 Å². The topological polar surface area (TPSA) is 77.3 Å². The largest absolute Gasteiger partial charge is 0.447 e. The molecule has 3 rings (SSSR count). The third-order valence-electron chi connectivity index (χ3n) is 3.70. The Morgan fingerprint density at radius 3 is 2.59 bits per heavy atom.